The van der Waals surface area contributed by atoms with E-state index in [1.54, 1.807) is 18.5 Å². The van der Waals surface area contributed by atoms with Gasteiger partial charge in [0, 0.05) is 24.0 Å². The fourth-order valence-corrected chi connectivity index (χ4v) is 4.53. The van der Waals surface area contributed by atoms with Crippen molar-refractivity contribution in [2.24, 2.45) is 0 Å². The molecule has 0 spiro atoms. The molecule has 2 nitrogen and oxygen atoms in total. The van der Waals surface area contributed by atoms with E-state index in [4.69, 9.17) is 0 Å². The summed E-state index contributed by atoms with van der Waals surface area (Å²) in [5.74, 6) is 0. The summed E-state index contributed by atoms with van der Waals surface area (Å²) in [5, 5.41) is 2.72. The molecule has 0 aliphatic heterocycles. The average Bonchev–Trinajstić information content (AvgIpc) is 2.83. The smallest absolute Gasteiger partial charge is 0.264 e. The van der Waals surface area contributed by atoms with Crippen LogP contribution in [0.15, 0.2) is 84.8 Å². The zero-order valence-electron chi connectivity index (χ0n) is 17.8. The molecule has 0 N–H and O–H groups in total. The third-order valence-electron chi connectivity index (χ3n) is 6.11. The first-order valence-electron chi connectivity index (χ1n) is 10.7. The maximum absolute atomic E-state index is 12.9. The number of alkyl halides is 3. The molecule has 6 heteroatoms. The minimum Gasteiger partial charge on any atom is -0.264 e. The van der Waals surface area contributed by atoms with Gasteiger partial charge < -0.3 is 0 Å². The number of halogens is 4. The highest BCUT2D eigenvalue weighted by atomic mass is 35.5. The van der Waals surface area contributed by atoms with Gasteiger partial charge in [0.05, 0.1) is 11.1 Å². The van der Waals surface area contributed by atoms with Gasteiger partial charge in [0.1, 0.15) is 0 Å². The van der Waals surface area contributed by atoms with Gasteiger partial charge in [-0.3, -0.25) is 9.97 Å². The van der Waals surface area contributed by atoms with Crippen LogP contribution in [0.1, 0.15) is 36.0 Å². The summed E-state index contributed by atoms with van der Waals surface area (Å²) in [6.45, 7) is 0. The molecule has 2 aromatic heterocycles. The molecule has 2 aliphatic rings. The van der Waals surface area contributed by atoms with E-state index < -0.39 is 11.7 Å². The largest absolute Gasteiger partial charge is 0.416 e. The summed E-state index contributed by atoms with van der Waals surface area (Å²) in [6.07, 6.45) is 9.55. The molecule has 2 aliphatic carbocycles. The topological polar surface area (TPSA) is 25.8 Å². The van der Waals surface area contributed by atoms with Crippen LogP contribution >= 0.6 is 12.4 Å². The third-order valence-corrected chi connectivity index (χ3v) is 6.11. The van der Waals surface area contributed by atoms with E-state index in [0.29, 0.717) is 5.39 Å². The second-order valence-corrected chi connectivity index (χ2v) is 8.06. The Bertz CT molecular complexity index is 1310. The van der Waals surface area contributed by atoms with Crippen molar-refractivity contribution in [1.29, 1.82) is 0 Å². The Balaban J connectivity index is 0.000000198. The molecule has 0 atom stereocenters. The normalized spacial score (nSPS) is 14.8. The van der Waals surface area contributed by atoms with Crippen LogP contribution in [-0.2, 0) is 12.6 Å². The third kappa shape index (κ3) is 4.64. The van der Waals surface area contributed by atoms with Crippen LogP contribution in [0.25, 0.3) is 27.2 Å². The standard InChI is InChI=1S/C19H15F3.C8H6N2.ClH/c20-19(21,22)14-7-10-16-13(11-14)6-9-17-15-4-2-1-3-12(15)5-8-18(16)17;1-2-7-6-9-5-3-8(7)10-4-1;/h2,4,6-7,9-11H,1,3,5,8H2;1-6H;1H. The average molecular weight is 467 g/mol. The highest BCUT2D eigenvalue weighted by molar-refractivity contribution is 5.94. The minimum atomic E-state index is -4.29. The van der Waals surface area contributed by atoms with Crippen molar-refractivity contribution in [1.82, 2.24) is 9.97 Å². The Labute approximate surface area is 196 Å². The van der Waals surface area contributed by atoms with E-state index in [0.717, 1.165) is 42.0 Å². The van der Waals surface area contributed by atoms with Crippen molar-refractivity contribution in [3.05, 3.63) is 102 Å². The number of fused-ring (bicyclic) bond motifs is 5. The molecule has 0 radical (unpaired) electrons. The summed E-state index contributed by atoms with van der Waals surface area (Å²) in [4.78, 5) is 8.11. The molecule has 0 unspecified atom stereocenters. The molecule has 33 heavy (non-hydrogen) atoms. The molecule has 0 fully saturated rings. The van der Waals surface area contributed by atoms with Crippen molar-refractivity contribution in [2.75, 3.05) is 0 Å². The molecule has 2 aromatic carbocycles. The quantitative estimate of drug-likeness (QED) is 0.262. The van der Waals surface area contributed by atoms with E-state index in [-0.39, 0.29) is 12.4 Å². The summed E-state index contributed by atoms with van der Waals surface area (Å²) < 4.78 is 38.6. The Morgan fingerprint density at radius 2 is 1.73 bits per heavy atom. The summed E-state index contributed by atoms with van der Waals surface area (Å²) in [5.41, 5.74) is 5.59. The molecule has 0 bridgehead atoms. The highest BCUT2D eigenvalue weighted by Crippen LogP contribution is 2.41. The molecule has 4 aromatic rings. The fraction of sp³-hybridized carbons (Fsp3) is 0.185. The number of allylic oxidation sites excluding steroid dienone is 4. The molecule has 6 rings (SSSR count). The number of aryl methyl sites for hydroxylation is 1. The number of rotatable bonds is 0. The number of nitrogens with zero attached hydrogens (tertiary/aromatic N) is 2. The van der Waals surface area contributed by atoms with Crippen LogP contribution in [0, 0.1) is 0 Å². The van der Waals surface area contributed by atoms with Gasteiger partial charge in [-0.25, -0.2) is 0 Å². The second kappa shape index (κ2) is 9.36. The Hall–Kier alpha value is -3.18. The monoisotopic (exact) mass is 466 g/mol. The first-order chi connectivity index (χ1) is 15.5. The lowest BCUT2D eigenvalue weighted by molar-refractivity contribution is -0.137. The van der Waals surface area contributed by atoms with Crippen LogP contribution in [0.3, 0.4) is 0 Å². The molecule has 168 valence electrons. The van der Waals surface area contributed by atoms with Crippen molar-refractivity contribution >= 4 is 39.7 Å². The number of benzene rings is 2. The molecular weight excluding hydrogens is 445 g/mol. The summed E-state index contributed by atoms with van der Waals surface area (Å²) in [7, 11) is 0. The van der Waals surface area contributed by atoms with E-state index in [9.17, 15) is 13.2 Å². The van der Waals surface area contributed by atoms with E-state index in [1.807, 2.05) is 36.5 Å². The maximum Gasteiger partial charge on any atom is 0.416 e. The fourth-order valence-electron chi connectivity index (χ4n) is 4.53. The predicted molar refractivity (Wildman–Crippen MR) is 129 cm³/mol. The first kappa shape index (κ1) is 23.0. The van der Waals surface area contributed by atoms with Crippen molar-refractivity contribution in [3.8, 4) is 0 Å². The van der Waals surface area contributed by atoms with Crippen LogP contribution in [0.4, 0.5) is 13.2 Å². The van der Waals surface area contributed by atoms with Crippen molar-refractivity contribution in [2.45, 2.75) is 31.9 Å². The van der Waals surface area contributed by atoms with Crippen LogP contribution < -0.4 is 0 Å². The van der Waals surface area contributed by atoms with Gasteiger partial charge >= 0.3 is 6.18 Å². The number of aromatic nitrogens is 2. The zero-order chi connectivity index (χ0) is 22.1. The van der Waals surface area contributed by atoms with Gasteiger partial charge in [-0.1, -0.05) is 35.9 Å². The van der Waals surface area contributed by atoms with Crippen LogP contribution in [-0.4, -0.2) is 9.97 Å². The second-order valence-electron chi connectivity index (χ2n) is 8.06. The lowest BCUT2D eigenvalue weighted by atomic mass is 9.79. The Morgan fingerprint density at radius 1 is 0.848 bits per heavy atom. The van der Waals surface area contributed by atoms with Crippen molar-refractivity contribution < 1.29 is 13.2 Å². The predicted octanol–water partition coefficient (Wildman–Crippen LogP) is 7.96. The SMILES string of the molecule is Cl.FC(F)(F)c1ccc2c3c(ccc2c1)C1=C(CCC=C1)CC3.c1cnc2ccncc2c1. The molecule has 0 saturated heterocycles. The van der Waals surface area contributed by atoms with E-state index >= 15 is 0 Å². The lowest BCUT2D eigenvalue weighted by Crippen LogP contribution is -2.08. The summed E-state index contributed by atoms with van der Waals surface area (Å²) in [6, 6.07) is 13.7. The number of pyridine rings is 2. The van der Waals surface area contributed by atoms with E-state index in [1.165, 1.54) is 34.4 Å². The van der Waals surface area contributed by atoms with Crippen molar-refractivity contribution in [3.63, 3.8) is 0 Å². The van der Waals surface area contributed by atoms with Gasteiger partial charge in [0.2, 0.25) is 0 Å². The summed E-state index contributed by atoms with van der Waals surface area (Å²) >= 11 is 0. The van der Waals surface area contributed by atoms with Crippen LogP contribution in [0.5, 0.6) is 0 Å². The molecule has 0 saturated carbocycles. The Kier molecular flexibility index (Phi) is 6.52. The first-order valence-corrected chi connectivity index (χ1v) is 10.7. The molecular formula is C27H22ClF3N2. The minimum absolute atomic E-state index is 0. The van der Waals surface area contributed by atoms with E-state index in [2.05, 4.69) is 22.1 Å². The van der Waals surface area contributed by atoms with Gasteiger partial charge in [-0.05, 0) is 83.5 Å². The van der Waals surface area contributed by atoms with Gasteiger partial charge in [-0.15, -0.1) is 12.4 Å². The number of hydrogen-bond donors (Lipinski definition) is 0. The number of hydrogen-bond acceptors (Lipinski definition) is 2. The molecule has 0 amide bonds. The van der Waals surface area contributed by atoms with Gasteiger partial charge in [0.25, 0.3) is 0 Å². The Morgan fingerprint density at radius 3 is 2.55 bits per heavy atom. The van der Waals surface area contributed by atoms with Gasteiger partial charge in [0.15, 0.2) is 0 Å². The maximum atomic E-state index is 12.9. The highest BCUT2D eigenvalue weighted by Gasteiger charge is 2.31. The lowest BCUT2D eigenvalue weighted by Gasteiger charge is -2.25. The molecule has 2 heterocycles. The zero-order valence-corrected chi connectivity index (χ0v) is 18.6. The van der Waals surface area contributed by atoms with Gasteiger partial charge in [-0.2, -0.15) is 13.2 Å². The van der Waals surface area contributed by atoms with Crippen LogP contribution in [0.2, 0.25) is 0 Å².